The van der Waals surface area contributed by atoms with Crippen molar-refractivity contribution in [2.75, 3.05) is 5.73 Å². The van der Waals surface area contributed by atoms with Crippen LogP contribution in [0.2, 0.25) is 5.02 Å². The lowest BCUT2D eigenvalue weighted by Gasteiger charge is -2.14. The van der Waals surface area contributed by atoms with Crippen molar-refractivity contribution in [3.63, 3.8) is 0 Å². The molecule has 2 aromatic rings. The molecule has 2 rings (SSSR count). The van der Waals surface area contributed by atoms with E-state index in [1.54, 1.807) is 0 Å². The van der Waals surface area contributed by atoms with Gasteiger partial charge in [-0.2, -0.15) is 36.7 Å². The van der Waals surface area contributed by atoms with Crippen LogP contribution >= 0.6 is 11.6 Å². The standard InChI is InChI=1S/C13H7ClF6N4O2S/c1-5-2-6(12(15,16)17)3-7(14)9(5)24-11(22)10(8(4-21)23-24)27(25,26)13(18,19)20/h2-3H,22H2,1H3. The predicted molar refractivity (Wildman–Crippen MR) is 80.7 cm³/mol. The minimum atomic E-state index is -6.05. The fourth-order valence-corrected chi connectivity index (χ4v) is 3.49. The van der Waals surface area contributed by atoms with Gasteiger partial charge in [0.1, 0.15) is 11.9 Å². The number of anilines is 1. The number of nitriles is 1. The van der Waals surface area contributed by atoms with Crippen LogP contribution in [0.25, 0.3) is 5.69 Å². The molecule has 0 saturated carbocycles. The Morgan fingerprint density at radius 1 is 1.22 bits per heavy atom. The predicted octanol–water partition coefficient (Wildman–Crippen LogP) is 3.60. The number of nitrogens with zero attached hydrogens (tertiary/aromatic N) is 3. The summed E-state index contributed by atoms with van der Waals surface area (Å²) in [6, 6.07) is 2.25. The number of nitrogen functional groups attached to an aromatic ring is 1. The van der Waals surface area contributed by atoms with E-state index in [2.05, 4.69) is 5.10 Å². The van der Waals surface area contributed by atoms with Gasteiger partial charge in [0.25, 0.3) is 9.84 Å². The van der Waals surface area contributed by atoms with Crippen LogP contribution in [0, 0.1) is 18.3 Å². The minimum Gasteiger partial charge on any atom is -0.382 e. The number of nitrogens with two attached hydrogens (primary N) is 1. The van der Waals surface area contributed by atoms with E-state index in [1.165, 1.54) is 6.07 Å². The highest BCUT2D eigenvalue weighted by molar-refractivity contribution is 7.92. The van der Waals surface area contributed by atoms with Crippen molar-refractivity contribution >= 4 is 27.3 Å². The third-order valence-electron chi connectivity index (χ3n) is 3.35. The Hall–Kier alpha value is -2.46. The second kappa shape index (κ2) is 6.31. The van der Waals surface area contributed by atoms with Crippen molar-refractivity contribution in [3.05, 3.63) is 34.0 Å². The summed E-state index contributed by atoms with van der Waals surface area (Å²) in [6.45, 7) is 1.13. The number of halogens is 7. The third kappa shape index (κ3) is 3.42. The first-order valence-corrected chi connectivity index (χ1v) is 8.46. The van der Waals surface area contributed by atoms with E-state index in [1.807, 2.05) is 0 Å². The molecule has 1 aromatic carbocycles. The molecule has 0 saturated heterocycles. The number of alkyl halides is 6. The SMILES string of the molecule is Cc1cc(C(F)(F)F)cc(Cl)c1-n1nc(C#N)c(S(=O)(=O)C(F)(F)F)c1N. The molecule has 0 spiro atoms. The van der Waals surface area contributed by atoms with Gasteiger partial charge in [-0.15, -0.1) is 0 Å². The number of aryl methyl sites for hydroxylation is 1. The molecule has 0 fully saturated rings. The van der Waals surface area contributed by atoms with Gasteiger partial charge in [-0.1, -0.05) is 11.6 Å². The van der Waals surface area contributed by atoms with Gasteiger partial charge in [-0.3, -0.25) is 0 Å². The number of hydrogen-bond acceptors (Lipinski definition) is 5. The van der Waals surface area contributed by atoms with Crippen LogP contribution in [0.3, 0.4) is 0 Å². The molecular weight excluding hydrogens is 426 g/mol. The maximum Gasteiger partial charge on any atom is 0.502 e. The van der Waals surface area contributed by atoms with Crippen LogP contribution in [0.15, 0.2) is 17.0 Å². The molecule has 0 aliphatic heterocycles. The highest BCUT2D eigenvalue weighted by Crippen LogP contribution is 2.39. The molecule has 0 unspecified atom stereocenters. The lowest BCUT2D eigenvalue weighted by atomic mass is 10.1. The van der Waals surface area contributed by atoms with Crippen molar-refractivity contribution < 1.29 is 34.8 Å². The molecule has 0 aliphatic carbocycles. The van der Waals surface area contributed by atoms with Crippen molar-refractivity contribution in [1.29, 1.82) is 5.26 Å². The van der Waals surface area contributed by atoms with Gasteiger partial charge in [0.05, 0.1) is 16.3 Å². The van der Waals surface area contributed by atoms with Crippen LogP contribution in [0.4, 0.5) is 32.2 Å². The van der Waals surface area contributed by atoms with Crippen LogP contribution in [0.1, 0.15) is 16.8 Å². The quantitative estimate of drug-likeness (QED) is 0.730. The lowest BCUT2D eigenvalue weighted by Crippen LogP contribution is -2.24. The van der Waals surface area contributed by atoms with E-state index in [4.69, 9.17) is 22.6 Å². The first-order valence-electron chi connectivity index (χ1n) is 6.60. The zero-order valence-corrected chi connectivity index (χ0v) is 14.5. The fraction of sp³-hybridized carbons (Fsp3) is 0.231. The van der Waals surface area contributed by atoms with Crippen molar-refractivity contribution in [3.8, 4) is 11.8 Å². The normalized spacial score (nSPS) is 12.9. The van der Waals surface area contributed by atoms with E-state index >= 15 is 0 Å². The third-order valence-corrected chi connectivity index (χ3v) is 5.19. The molecule has 2 N–H and O–H groups in total. The topological polar surface area (TPSA) is 102 Å². The monoisotopic (exact) mass is 432 g/mol. The van der Waals surface area contributed by atoms with Gasteiger partial charge in [0, 0.05) is 0 Å². The van der Waals surface area contributed by atoms with Crippen LogP contribution < -0.4 is 5.73 Å². The summed E-state index contributed by atoms with van der Waals surface area (Å²) < 4.78 is 101. The molecule has 146 valence electrons. The van der Waals surface area contributed by atoms with Crippen LogP contribution in [-0.4, -0.2) is 23.7 Å². The van der Waals surface area contributed by atoms with Crippen molar-refractivity contribution in [2.45, 2.75) is 23.5 Å². The number of benzene rings is 1. The zero-order chi connectivity index (χ0) is 20.9. The molecule has 0 amide bonds. The molecule has 0 atom stereocenters. The molecule has 0 aliphatic rings. The molecule has 0 bridgehead atoms. The zero-order valence-electron chi connectivity index (χ0n) is 12.9. The summed E-state index contributed by atoms with van der Waals surface area (Å²) >= 11 is 5.79. The Morgan fingerprint density at radius 3 is 2.19 bits per heavy atom. The first kappa shape index (κ1) is 20.8. The van der Waals surface area contributed by atoms with E-state index in [-0.39, 0.29) is 5.56 Å². The second-order valence-corrected chi connectivity index (χ2v) is 7.44. The fourth-order valence-electron chi connectivity index (χ4n) is 2.21. The average Bonchev–Trinajstić information content (AvgIpc) is 2.81. The largest absolute Gasteiger partial charge is 0.502 e. The van der Waals surface area contributed by atoms with Gasteiger partial charge in [0.15, 0.2) is 10.6 Å². The molecule has 14 heteroatoms. The van der Waals surface area contributed by atoms with Crippen molar-refractivity contribution in [2.24, 2.45) is 0 Å². The maximum absolute atomic E-state index is 12.8. The Labute approximate surface area is 152 Å². The maximum atomic E-state index is 12.8. The Balaban J connectivity index is 2.83. The highest BCUT2D eigenvalue weighted by Gasteiger charge is 2.51. The summed E-state index contributed by atoms with van der Waals surface area (Å²) in [4.78, 5) is -1.60. The van der Waals surface area contributed by atoms with Gasteiger partial charge >= 0.3 is 11.7 Å². The molecule has 6 nitrogen and oxygen atoms in total. The summed E-state index contributed by atoms with van der Waals surface area (Å²) in [5.41, 5.74) is -3.28. The van der Waals surface area contributed by atoms with E-state index in [0.717, 1.165) is 6.92 Å². The Kier molecular flexibility index (Phi) is 4.87. The molecular formula is C13H7ClF6N4O2S. The smallest absolute Gasteiger partial charge is 0.382 e. The molecule has 27 heavy (non-hydrogen) atoms. The van der Waals surface area contributed by atoms with Gasteiger partial charge in [0.2, 0.25) is 0 Å². The van der Waals surface area contributed by atoms with E-state index in [9.17, 15) is 34.8 Å². The molecule has 0 radical (unpaired) electrons. The summed E-state index contributed by atoms with van der Waals surface area (Å²) in [5, 5.41) is 11.7. The highest BCUT2D eigenvalue weighted by atomic mass is 35.5. The first-order chi connectivity index (χ1) is 12.1. The number of aromatic nitrogens is 2. The average molecular weight is 433 g/mol. The van der Waals surface area contributed by atoms with Crippen LogP contribution in [0.5, 0.6) is 0 Å². The molecule has 1 heterocycles. The Morgan fingerprint density at radius 2 is 1.78 bits per heavy atom. The van der Waals surface area contributed by atoms with E-state index in [0.29, 0.717) is 16.8 Å². The summed E-state index contributed by atoms with van der Waals surface area (Å²) in [5.74, 6) is -1.12. The number of sulfone groups is 1. The van der Waals surface area contributed by atoms with Crippen molar-refractivity contribution in [1.82, 2.24) is 9.78 Å². The Bertz CT molecular complexity index is 1040. The van der Waals surface area contributed by atoms with E-state index < -0.39 is 54.2 Å². The minimum absolute atomic E-state index is 0.218. The summed E-state index contributed by atoms with van der Waals surface area (Å²) in [6.07, 6.45) is -4.76. The van der Waals surface area contributed by atoms with Gasteiger partial charge in [-0.05, 0) is 24.6 Å². The molecule has 1 aromatic heterocycles. The van der Waals surface area contributed by atoms with Crippen LogP contribution in [-0.2, 0) is 16.0 Å². The number of hydrogen-bond donors (Lipinski definition) is 1. The van der Waals surface area contributed by atoms with Gasteiger partial charge in [-0.25, -0.2) is 13.1 Å². The summed E-state index contributed by atoms with van der Waals surface area (Å²) in [7, 11) is -6.05. The van der Waals surface area contributed by atoms with Gasteiger partial charge < -0.3 is 5.73 Å². The second-order valence-electron chi connectivity index (χ2n) is 5.16. The lowest BCUT2D eigenvalue weighted by molar-refractivity contribution is -0.137. The number of rotatable bonds is 2.